The van der Waals surface area contributed by atoms with E-state index in [1.54, 1.807) is 0 Å². The standard InChI is InChI=1S/C18H14Br2N2O2/c19-6-3-7-22-12-5-2-1-4-11(12)15-13(22)8-10(9-20)14-16(15)18(24)21-17(14)23/h1-2,4-5,8H,3,6-7,9H2,(H,21,23,24). The molecule has 0 saturated carbocycles. The maximum Gasteiger partial charge on any atom is 0.259 e. The van der Waals surface area contributed by atoms with E-state index in [0.29, 0.717) is 16.5 Å². The minimum absolute atomic E-state index is 0.300. The first kappa shape index (κ1) is 15.8. The molecule has 1 aromatic heterocycles. The number of carbonyl (C=O) groups excluding carboxylic acids is 2. The van der Waals surface area contributed by atoms with Gasteiger partial charge in [-0.3, -0.25) is 14.9 Å². The number of nitrogens with one attached hydrogen (secondary N) is 1. The zero-order valence-electron chi connectivity index (χ0n) is 12.7. The molecule has 1 aliphatic rings. The maximum atomic E-state index is 12.5. The summed E-state index contributed by atoms with van der Waals surface area (Å²) in [6, 6.07) is 10.1. The van der Waals surface area contributed by atoms with Crippen molar-refractivity contribution in [3.05, 3.63) is 47.0 Å². The summed E-state index contributed by atoms with van der Waals surface area (Å²) in [6.45, 7) is 0.853. The number of hydrogen-bond donors (Lipinski definition) is 1. The highest BCUT2D eigenvalue weighted by atomic mass is 79.9. The lowest BCUT2D eigenvalue weighted by Crippen LogP contribution is -2.20. The lowest BCUT2D eigenvalue weighted by atomic mass is 9.98. The van der Waals surface area contributed by atoms with Gasteiger partial charge in [-0.05, 0) is 24.1 Å². The molecule has 0 bridgehead atoms. The van der Waals surface area contributed by atoms with Crippen LogP contribution in [0.4, 0.5) is 0 Å². The molecular formula is C18H14Br2N2O2. The van der Waals surface area contributed by atoms with Gasteiger partial charge in [0.1, 0.15) is 0 Å². The SMILES string of the molecule is O=C1NC(=O)c2c1c(CBr)cc1c2c2ccccc2n1CCCBr. The summed E-state index contributed by atoms with van der Waals surface area (Å²) < 4.78 is 2.24. The first-order valence-electron chi connectivity index (χ1n) is 7.71. The number of nitrogens with zero attached hydrogens (tertiary/aromatic N) is 1. The number of aryl methyl sites for hydroxylation is 1. The lowest BCUT2D eigenvalue weighted by Gasteiger charge is -2.09. The Hall–Kier alpha value is -1.66. The van der Waals surface area contributed by atoms with Crippen molar-refractivity contribution in [2.45, 2.75) is 18.3 Å². The normalized spacial score (nSPS) is 13.8. The van der Waals surface area contributed by atoms with Crippen LogP contribution in [0.15, 0.2) is 30.3 Å². The van der Waals surface area contributed by atoms with E-state index in [1.165, 1.54) is 0 Å². The summed E-state index contributed by atoms with van der Waals surface area (Å²) in [5.41, 5.74) is 3.97. The summed E-state index contributed by atoms with van der Waals surface area (Å²) in [5.74, 6) is -0.602. The number of alkyl halides is 2. The number of imide groups is 1. The fourth-order valence-corrected chi connectivity index (χ4v) is 4.23. The average Bonchev–Trinajstić information content (AvgIpc) is 3.07. The molecule has 0 atom stereocenters. The van der Waals surface area contributed by atoms with Crippen molar-refractivity contribution in [2.24, 2.45) is 0 Å². The molecule has 0 radical (unpaired) electrons. The molecule has 3 aromatic rings. The Labute approximate surface area is 155 Å². The molecule has 1 N–H and O–H groups in total. The average molecular weight is 450 g/mol. The molecule has 2 heterocycles. The van der Waals surface area contributed by atoms with Crippen LogP contribution in [0, 0.1) is 0 Å². The molecule has 1 aliphatic heterocycles. The van der Waals surface area contributed by atoms with Gasteiger partial charge in [0, 0.05) is 33.5 Å². The molecule has 0 fully saturated rings. The van der Waals surface area contributed by atoms with Gasteiger partial charge in [0.15, 0.2) is 0 Å². The van der Waals surface area contributed by atoms with Crippen molar-refractivity contribution in [2.75, 3.05) is 5.33 Å². The van der Waals surface area contributed by atoms with Crippen molar-refractivity contribution in [3.63, 3.8) is 0 Å². The number of rotatable bonds is 4. The second-order valence-corrected chi connectivity index (χ2v) is 7.16. The highest BCUT2D eigenvalue weighted by Gasteiger charge is 2.33. The number of fused-ring (bicyclic) bond motifs is 5. The van der Waals surface area contributed by atoms with E-state index in [0.717, 1.165) is 45.7 Å². The molecule has 0 saturated heterocycles. The Morgan fingerprint density at radius 3 is 2.50 bits per heavy atom. The van der Waals surface area contributed by atoms with Crippen LogP contribution in [-0.4, -0.2) is 21.7 Å². The second-order valence-electron chi connectivity index (χ2n) is 5.81. The van der Waals surface area contributed by atoms with Crippen molar-refractivity contribution in [1.29, 1.82) is 0 Å². The first-order chi connectivity index (χ1) is 11.7. The number of amides is 2. The van der Waals surface area contributed by atoms with Gasteiger partial charge in [0.05, 0.1) is 16.6 Å². The van der Waals surface area contributed by atoms with Crippen LogP contribution in [0.3, 0.4) is 0 Å². The minimum Gasteiger partial charge on any atom is -0.340 e. The Balaban J connectivity index is 2.19. The highest BCUT2D eigenvalue weighted by Crippen LogP contribution is 2.37. The number of carbonyl (C=O) groups is 2. The van der Waals surface area contributed by atoms with Crippen LogP contribution in [0.5, 0.6) is 0 Å². The molecule has 6 heteroatoms. The Bertz CT molecular complexity index is 1010. The van der Waals surface area contributed by atoms with E-state index in [1.807, 2.05) is 24.3 Å². The van der Waals surface area contributed by atoms with Gasteiger partial charge in [-0.1, -0.05) is 50.1 Å². The molecule has 2 amide bonds. The number of hydrogen-bond acceptors (Lipinski definition) is 2. The number of benzene rings is 2. The topological polar surface area (TPSA) is 51.1 Å². The van der Waals surface area contributed by atoms with E-state index >= 15 is 0 Å². The maximum absolute atomic E-state index is 12.5. The van der Waals surface area contributed by atoms with E-state index in [2.05, 4.69) is 47.8 Å². The summed E-state index contributed by atoms with van der Waals surface area (Å²) in [7, 11) is 0. The van der Waals surface area contributed by atoms with Crippen molar-refractivity contribution < 1.29 is 9.59 Å². The molecule has 0 aliphatic carbocycles. The molecule has 4 nitrogen and oxygen atoms in total. The molecule has 122 valence electrons. The number of aromatic nitrogens is 1. The fraction of sp³-hybridized carbons (Fsp3) is 0.222. The van der Waals surface area contributed by atoms with Crippen molar-refractivity contribution in [3.8, 4) is 0 Å². The monoisotopic (exact) mass is 448 g/mol. The second kappa shape index (κ2) is 6.01. The molecule has 0 spiro atoms. The Morgan fingerprint density at radius 2 is 1.75 bits per heavy atom. The Kier molecular flexibility index (Phi) is 3.96. The van der Waals surface area contributed by atoms with Crippen LogP contribution in [-0.2, 0) is 11.9 Å². The molecule has 2 aromatic carbocycles. The predicted molar refractivity (Wildman–Crippen MR) is 102 cm³/mol. The summed E-state index contributed by atoms with van der Waals surface area (Å²) >= 11 is 6.95. The Morgan fingerprint density at radius 1 is 1.00 bits per heavy atom. The lowest BCUT2D eigenvalue weighted by molar-refractivity contribution is 0.0880. The zero-order valence-corrected chi connectivity index (χ0v) is 15.9. The predicted octanol–water partition coefficient (Wildman–Crippen LogP) is 4.36. The highest BCUT2D eigenvalue weighted by molar-refractivity contribution is 9.09. The molecule has 0 unspecified atom stereocenters. The van der Waals surface area contributed by atoms with Gasteiger partial charge in [-0.2, -0.15) is 0 Å². The van der Waals surface area contributed by atoms with E-state index in [4.69, 9.17) is 0 Å². The van der Waals surface area contributed by atoms with E-state index < -0.39 is 0 Å². The summed E-state index contributed by atoms with van der Waals surface area (Å²) in [4.78, 5) is 24.7. The van der Waals surface area contributed by atoms with Gasteiger partial charge in [0.2, 0.25) is 0 Å². The fourth-order valence-electron chi connectivity index (χ4n) is 3.54. The van der Waals surface area contributed by atoms with Gasteiger partial charge < -0.3 is 4.57 Å². The van der Waals surface area contributed by atoms with Crippen LogP contribution >= 0.6 is 31.9 Å². The van der Waals surface area contributed by atoms with E-state index in [-0.39, 0.29) is 11.8 Å². The molecule has 24 heavy (non-hydrogen) atoms. The van der Waals surface area contributed by atoms with Crippen molar-refractivity contribution >= 4 is 65.5 Å². The van der Waals surface area contributed by atoms with Gasteiger partial charge >= 0.3 is 0 Å². The minimum atomic E-state index is -0.302. The van der Waals surface area contributed by atoms with Crippen LogP contribution in [0.1, 0.15) is 32.7 Å². The largest absolute Gasteiger partial charge is 0.340 e. The summed E-state index contributed by atoms with van der Waals surface area (Å²) in [5, 5.41) is 5.79. The third-order valence-electron chi connectivity index (χ3n) is 4.48. The van der Waals surface area contributed by atoms with Gasteiger partial charge in [0.25, 0.3) is 11.8 Å². The quantitative estimate of drug-likeness (QED) is 0.475. The van der Waals surface area contributed by atoms with Crippen molar-refractivity contribution in [1.82, 2.24) is 9.88 Å². The van der Waals surface area contributed by atoms with Crippen LogP contribution in [0.25, 0.3) is 21.8 Å². The molecule has 4 rings (SSSR count). The molecular weight excluding hydrogens is 436 g/mol. The number of halogens is 2. The van der Waals surface area contributed by atoms with Gasteiger partial charge in [-0.25, -0.2) is 0 Å². The van der Waals surface area contributed by atoms with Crippen LogP contribution < -0.4 is 5.32 Å². The summed E-state index contributed by atoms with van der Waals surface area (Å²) in [6.07, 6.45) is 0.986. The number of para-hydroxylation sites is 1. The zero-order chi connectivity index (χ0) is 16.8. The smallest absolute Gasteiger partial charge is 0.259 e. The van der Waals surface area contributed by atoms with Gasteiger partial charge in [-0.15, -0.1) is 0 Å². The first-order valence-corrected chi connectivity index (χ1v) is 9.96. The third-order valence-corrected chi connectivity index (χ3v) is 5.65. The van der Waals surface area contributed by atoms with Crippen LogP contribution in [0.2, 0.25) is 0 Å². The van der Waals surface area contributed by atoms with E-state index in [9.17, 15) is 9.59 Å². The third kappa shape index (κ3) is 2.16.